The number of carbonyl (C=O) groups excluding carboxylic acids is 1. The van der Waals surface area contributed by atoms with Crippen LogP contribution in [0.4, 0.5) is 4.39 Å². The van der Waals surface area contributed by atoms with E-state index in [4.69, 9.17) is 14.7 Å². The Labute approximate surface area is 139 Å². The first kappa shape index (κ1) is 17.4. The molecule has 5 heteroatoms. The van der Waals surface area contributed by atoms with Crippen molar-refractivity contribution in [3.8, 4) is 11.8 Å². The van der Waals surface area contributed by atoms with Crippen molar-refractivity contribution in [3.05, 3.63) is 71.0 Å². The Bertz CT molecular complexity index is 793. The molecular formula is C19H16FNO3. The van der Waals surface area contributed by atoms with Crippen LogP contribution in [-0.2, 0) is 4.74 Å². The number of hydrogen-bond donors (Lipinski definition) is 0. The molecule has 0 radical (unpaired) electrons. The largest absolute Gasteiger partial charge is 0.490 e. The molecule has 0 heterocycles. The molecule has 0 saturated carbocycles. The van der Waals surface area contributed by atoms with Gasteiger partial charge in [0.05, 0.1) is 23.8 Å². The molecule has 0 bridgehead atoms. The average molecular weight is 325 g/mol. The summed E-state index contributed by atoms with van der Waals surface area (Å²) in [7, 11) is 1.53. The first-order valence-electron chi connectivity index (χ1n) is 7.28. The maximum atomic E-state index is 14.0. The van der Waals surface area contributed by atoms with E-state index in [1.807, 2.05) is 6.07 Å². The molecular weight excluding hydrogens is 309 g/mol. The number of carbonyl (C=O) groups is 1. The number of hydrogen-bond acceptors (Lipinski definition) is 4. The van der Waals surface area contributed by atoms with Crippen molar-refractivity contribution < 1.29 is 18.7 Å². The molecule has 0 aliphatic rings. The number of ketones is 1. The third-order valence-electron chi connectivity index (χ3n) is 3.21. The van der Waals surface area contributed by atoms with Crippen molar-refractivity contribution in [2.45, 2.75) is 0 Å². The van der Waals surface area contributed by atoms with Gasteiger partial charge in [-0.3, -0.25) is 4.79 Å². The first-order chi connectivity index (χ1) is 11.7. The summed E-state index contributed by atoms with van der Waals surface area (Å²) >= 11 is 0. The smallest absolute Gasteiger partial charge is 0.192 e. The van der Waals surface area contributed by atoms with Gasteiger partial charge in [0.25, 0.3) is 0 Å². The summed E-state index contributed by atoms with van der Waals surface area (Å²) < 4.78 is 24.3. The van der Waals surface area contributed by atoms with Crippen molar-refractivity contribution in [1.29, 1.82) is 5.26 Å². The summed E-state index contributed by atoms with van der Waals surface area (Å²) in [6.45, 7) is 0.551. The van der Waals surface area contributed by atoms with Gasteiger partial charge >= 0.3 is 0 Å². The predicted octanol–water partition coefficient (Wildman–Crippen LogP) is 3.62. The minimum Gasteiger partial charge on any atom is -0.490 e. The second kappa shape index (κ2) is 8.61. The highest BCUT2D eigenvalue weighted by molar-refractivity contribution is 6.08. The lowest BCUT2D eigenvalue weighted by Gasteiger charge is -2.10. The van der Waals surface area contributed by atoms with Gasteiger partial charge in [0.15, 0.2) is 5.78 Å². The zero-order chi connectivity index (χ0) is 17.4. The van der Waals surface area contributed by atoms with Crippen LogP contribution in [0.2, 0.25) is 0 Å². The van der Waals surface area contributed by atoms with Crippen LogP contribution in [0.5, 0.6) is 5.75 Å². The standard InChI is InChI=1S/C19H16FNO3/c1-23-10-11-24-18-7-3-6-16(20)19(18)17(22)9-8-14-4-2-5-15(12-14)13-21/h2-9,12H,10-11H2,1H3/b9-8+. The monoisotopic (exact) mass is 325 g/mol. The van der Waals surface area contributed by atoms with Crippen LogP contribution in [0.1, 0.15) is 21.5 Å². The van der Waals surface area contributed by atoms with Crippen LogP contribution < -0.4 is 4.74 Å². The zero-order valence-electron chi connectivity index (χ0n) is 13.2. The maximum Gasteiger partial charge on any atom is 0.192 e. The summed E-state index contributed by atoms with van der Waals surface area (Å²) in [6, 6.07) is 13.0. The Balaban J connectivity index is 2.22. The van der Waals surface area contributed by atoms with Crippen molar-refractivity contribution >= 4 is 11.9 Å². The Morgan fingerprint density at radius 2 is 2.04 bits per heavy atom. The summed E-state index contributed by atoms with van der Waals surface area (Å²) in [6.07, 6.45) is 2.80. The summed E-state index contributed by atoms with van der Waals surface area (Å²) in [4.78, 5) is 12.3. The number of halogens is 1. The van der Waals surface area contributed by atoms with Crippen LogP contribution in [0.3, 0.4) is 0 Å². The van der Waals surface area contributed by atoms with Crippen molar-refractivity contribution in [2.24, 2.45) is 0 Å². The fraction of sp³-hybridized carbons (Fsp3) is 0.158. The first-order valence-corrected chi connectivity index (χ1v) is 7.28. The van der Waals surface area contributed by atoms with Gasteiger partial charge in [-0.15, -0.1) is 0 Å². The molecule has 0 aromatic heterocycles. The molecule has 0 amide bonds. The Morgan fingerprint density at radius 1 is 1.25 bits per heavy atom. The Kier molecular flexibility index (Phi) is 6.23. The van der Waals surface area contributed by atoms with Gasteiger partial charge in [0.2, 0.25) is 0 Å². The van der Waals surface area contributed by atoms with E-state index in [2.05, 4.69) is 0 Å². The van der Waals surface area contributed by atoms with Gasteiger partial charge in [-0.05, 0) is 35.9 Å². The van der Waals surface area contributed by atoms with Gasteiger partial charge in [-0.2, -0.15) is 5.26 Å². The molecule has 2 aromatic carbocycles. The molecule has 0 atom stereocenters. The fourth-order valence-corrected chi connectivity index (χ4v) is 2.07. The van der Waals surface area contributed by atoms with Crippen LogP contribution in [0.15, 0.2) is 48.5 Å². The average Bonchev–Trinajstić information content (AvgIpc) is 2.60. The van der Waals surface area contributed by atoms with Crippen molar-refractivity contribution in [2.75, 3.05) is 20.3 Å². The molecule has 4 nitrogen and oxygen atoms in total. The van der Waals surface area contributed by atoms with Crippen molar-refractivity contribution in [1.82, 2.24) is 0 Å². The number of benzene rings is 2. The summed E-state index contributed by atoms with van der Waals surface area (Å²) in [5.41, 5.74) is 1.04. The number of allylic oxidation sites excluding steroid dienone is 1. The van der Waals surface area contributed by atoms with Crippen LogP contribution in [-0.4, -0.2) is 26.1 Å². The van der Waals surface area contributed by atoms with E-state index in [-0.39, 0.29) is 17.9 Å². The topological polar surface area (TPSA) is 59.3 Å². The van der Waals surface area contributed by atoms with Gasteiger partial charge in [-0.25, -0.2) is 4.39 Å². The quantitative estimate of drug-likeness (QED) is 0.443. The van der Waals surface area contributed by atoms with Gasteiger partial charge in [-0.1, -0.05) is 24.3 Å². The van der Waals surface area contributed by atoms with E-state index in [1.54, 1.807) is 24.3 Å². The number of rotatable bonds is 7. The molecule has 0 unspecified atom stereocenters. The lowest BCUT2D eigenvalue weighted by molar-refractivity contribution is 0.103. The van der Waals surface area contributed by atoms with Crippen molar-refractivity contribution in [3.63, 3.8) is 0 Å². The Hall–Kier alpha value is -2.97. The number of methoxy groups -OCH3 is 1. The molecule has 2 aromatic rings. The minimum absolute atomic E-state index is 0.124. The highest BCUT2D eigenvalue weighted by atomic mass is 19.1. The van der Waals surface area contributed by atoms with Gasteiger partial charge in [0, 0.05) is 7.11 Å². The molecule has 2 rings (SSSR count). The Morgan fingerprint density at radius 3 is 2.79 bits per heavy atom. The third kappa shape index (κ3) is 4.51. The number of nitriles is 1. The predicted molar refractivity (Wildman–Crippen MR) is 88.3 cm³/mol. The molecule has 122 valence electrons. The van der Waals surface area contributed by atoms with Crippen LogP contribution >= 0.6 is 0 Å². The van der Waals surface area contributed by atoms with E-state index in [9.17, 15) is 9.18 Å². The van der Waals surface area contributed by atoms with E-state index in [1.165, 1.54) is 37.5 Å². The molecule has 0 aliphatic carbocycles. The molecule has 0 N–H and O–H groups in total. The lowest BCUT2D eigenvalue weighted by atomic mass is 10.1. The zero-order valence-corrected chi connectivity index (χ0v) is 13.2. The molecule has 0 saturated heterocycles. The van der Waals surface area contributed by atoms with Crippen LogP contribution in [0, 0.1) is 17.1 Å². The molecule has 24 heavy (non-hydrogen) atoms. The van der Waals surface area contributed by atoms with Crippen LogP contribution in [0.25, 0.3) is 6.08 Å². The highest BCUT2D eigenvalue weighted by Gasteiger charge is 2.15. The lowest BCUT2D eigenvalue weighted by Crippen LogP contribution is -2.09. The van der Waals surface area contributed by atoms with E-state index < -0.39 is 11.6 Å². The molecule has 0 fully saturated rings. The van der Waals surface area contributed by atoms with Gasteiger partial charge < -0.3 is 9.47 Å². The summed E-state index contributed by atoms with van der Waals surface area (Å²) in [5, 5.41) is 8.88. The summed E-state index contributed by atoms with van der Waals surface area (Å²) in [5.74, 6) is -0.985. The second-order valence-corrected chi connectivity index (χ2v) is 4.89. The fourth-order valence-electron chi connectivity index (χ4n) is 2.07. The second-order valence-electron chi connectivity index (χ2n) is 4.89. The van der Waals surface area contributed by atoms with E-state index in [0.29, 0.717) is 17.7 Å². The number of nitrogens with zero attached hydrogens (tertiary/aromatic N) is 1. The molecule has 0 spiro atoms. The van der Waals surface area contributed by atoms with E-state index >= 15 is 0 Å². The minimum atomic E-state index is -0.648. The highest BCUT2D eigenvalue weighted by Crippen LogP contribution is 2.23. The SMILES string of the molecule is COCCOc1cccc(F)c1C(=O)/C=C/c1cccc(C#N)c1. The molecule has 0 aliphatic heterocycles. The normalized spacial score (nSPS) is 10.5. The number of ether oxygens (including phenoxy) is 2. The van der Waals surface area contributed by atoms with Gasteiger partial charge in [0.1, 0.15) is 18.2 Å². The maximum absolute atomic E-state index is 14.0. The third-order valence-corrected chi connectivity index (χ3v) is 3.21. The van der Waals surface area contributed by atoms with E-state index in [0.717, 1.165) is 0 Å².